The van der Waals surface area contributed by atoms with Gasteiger partial charge in [-0.15, -0.1) is 0 Å². The van der Waals surface area contributed by atoms with Crippen molar-refractivity contribution in [3.05, 3.63) is 58.6 Å². The fraction of sp³-hybridized carbons (Fsp3) is 0.316. The highest BCUT2D eigenvalue weighted by atomic mass is 35.5. The summed E-state index contributed by atoms with van der Waals surface area (Å²) in [6.45, 7) is 0.243. The number of carbonyl (C=O) groups excluding carboxylic acids is 1. The number of rotatable bonds is 2. The van der Waals surface area contributed by atoms with Crippen molar-refractivity contribution in [2.45, 2.75) is 24.5 Å². The number of fused-ring (bicyclic) bond motifs is 2. The van der Waals surface area contributed by atoms with Crippen molar-refractivity contribution in [3.63, 3.8) is 0 Å². The molecule has 4 unspecified atom stereocenters. The van der Waals surface area contributed by atoms with Crippen LogP contribution in [0.4, 0.5) is 0 Å². The molecule has 0 aliphatic carbocycles. The molecule has 26 heavy (non-hydrogen) atoms. The number of piperidine rings is 1. The summed E-state index contributed by atoms with van der Waals surface area (Å²) in [4.78, 5) is 12.3. The van der Waals surface area contributed by atoms with E-state index in [0.717, 1.165) is 22.6 Å². The Labute approximate surface area is 155 Å². The molecule has 134 valence electrons. The number of ether oxygens (including phenoxy) is 2. The second kappa shape index (κ2) is 6.16. The van der Waals surface area contributed by atoms with Crippen molar-refractivity contribution >= 4 is 17.5 Å². The van der Waals surface area contributed by atoms with Gasteiger partial charge in [-0.2, -0.15) is 0 Å². The highest BCUT2D eigenvalue weighted by molar-refractivity contribution is 6.30. The third-order valence-corrected chi connectivity index (χ3v) is 5.66. The summed E-state index contributed by atoms with van der Waals surface area (Å²) in [6, 6.07) is 13.9. The SMILES string of the molecule is O=C1CC(c2ccc3c(c2)OCO3)C2C(NNC2c2ccc(Cl)cc2)N1. The number of benzene rings is 2. The highest BCUT2D eigenvalue weighted by Gasteiger charge is 2.46. The van der Waals surface area contributed by atoms with Gasteiger partial charge in [-0.3, -0.25) is 4.79 Å². The molecule has 2 aromatic rings. The summed E-state index contributed by atoms with van der Waals surface area (Å²) in [5.41, 5.74) is 8.80. The highest BCUT2D eigenvalue weighted by Crippen LogP contribution is 2.45. The van der Waals surface area contributed by atoms with Crippen molar-refractivity contribution in [1.82, 2.24) is 16.2 Å². The molecule has 4 atom stereocenters. The Bertz CT molecular complexity index is 858. The van der Waals surface area contributed by atoms with E-state index >= 15 is 0 Å². The number of hydrogen-bond donors (Lipinski definition) is 3. The minimum absolute atomic E-state index is 0.0416. The smallest absolute Gasteiger partial charge is 0.231 e. The predicted octanol–water partition coefficient (Wildman–Crippen LogP) is 2.46. The molecule has 3 aliphatic rings. The standard InChI is InChI=1S/C19H18ClN3O3/c20-12-4-1-10(2-5-12)18-17-13(8-16(24)21-19(17)23-22-18)11-3-6-14-15(7-11)26-9-25-14/h1-7,13,17-19,22-23H,8-9H2,(H,21,24). The van der Waals surface area contributed by atoms with Crippen molar-refractivity contribution in [3.8, 4) is 11.5 Å². The van der Waals surface area contributed by atoms with Crippen LogP contribution < -0.4 is 25.6 Å². The predicted molar refractivity (Wildman–Crippen MR) is 95.8 cm³/mol. The van der Waals surface area contributed by atoms with Crippen molar-refractivity contribution in [2.24, 2.45) is 5.92 Å². The van der Waals surface area contributed by atoms with Crippen molar-refractivity contribution < 1.29 is 14.3 Å². The zero-order valence-corrected chi connectivity index (χ0v) is 14.6. The Morgan fingerprint density at radius 3 is 2.58 bits per heavy atom. The lowest BCUT2D eigenvalue weighted by molar-refractivity contribution is -0.125. The van der Waals surface area contributed by atoms with Gasteiger partial charge in [0.05, 0.1) is 12.2 Å². The van der Waals surface area contributed by atoms with Crippen LogP contribution in [0.15, 0.2) is 42.5 Å². The van der Waals surface area contributed by atoms with E-state index in [0.29, 0.717) is 11.4 Å². The molecule has 0 saturated carbocycles. The molecule has 2 fully saturated rings. The summed E-state index contributed by atoms with van der Waals surface area (Å²) in [6.07, 6.45) is 0.307. The zero-order chi connectivity index (χ0) is 17.7. The second-order valence-corrected chi connectivity index (χ2v) is 7.30. The molecule has 0 radical (unpaired) electrons. The maximum Gasteiger partial charge on any atom is 0.231 e. The Morgan fingerprint density at radius 2 is 1.73 bits per heavy atom. The van der Waals surface area contributed by atoms with E-state index in [9.17, 15) is 4.79 Å². The molecule has 3 N–H and O–H groups in total. The number of halogens is 1. The molecule has 0 aromatic heterocycles. The van der Waals surface area contributed by atoms with Crippen LogP contribution in [0.25, 0.3) is 0 Å². The first-order valence-electron chi connectivity index (χ1n) is 8.64. The largest absolute Gasteiger partial charge is 0.454 e. The van der Waals surface area contributed by atoms with Crippen LogP contribution in [0.1, 0.15) is 29.5 Å². The van der Waals surface area contributed by atoms with Crippen LogP contribution in [-0.2, 0) is 4.79 Å². The number of amides is 1. The van der Waals surface area contributed by atoms with Crippen molar-refractivity contribution in [1.29, 1.82) is 0 Å². The van der Waals surface area contributed by atoms with Gasteiger partial charge in [0.1, 0.15) is 0 Å². The summed E-state index contributed by atoms with van der Waals surface area (Å²) in [5.74, 6) is 1.76. The number of hydrazine groups is 1. The van der Waals surface area contributed by atoms with E-state index in [1.807, 2.05) is 42.5 Å². The molecule has 3 aliphatic heterocycles. The van der Waals surface area contributed by atoms with Gasteiger partial charge < -0.3 is 14.8 Å². The lowest BCUT2D eigenvalue weighted by Gasteiger charge is -2.36. The number of carbonyl (C=O) groups is 1. The maximum absolute atomic E-state index is 12.3. The maximum atomic E-state index is 12.3. The van der Waals surface area contributed by atoms with E-state index in [1.165, 1.54) is 0 Å². The molecule has 0 spiro atoms. The molecule has 2 saturated heterocycles. The molecular formula is C19H18ClN3O3. The fourth-order valence-corrected chi connectivity index (χ4v) is 4.32. The summed E-state index contributed by atoms with van der Waals surface area (Å²) in [5, 5.41) is 3.76. The van der Waals surface area contributed by atoms with Crippen LogP contribution in [0.2, 0.25) is 5.02 Å². The van der Waals surface area contributed by atoms with Gasteiger partial charge in [0.2, 0.25) is 12.7 Å². The molecule has 1 amide bonds. The van der Waals surface area contributed by atoms with Gasteiger partial charge in [-0.1, -0.05) is 29.8 Å². The minimum Gasteiger partial charge on any atom is -0.454 e. The van der Waals surface area contributed by atoms with Gasteiger partial charge in [0.15, 0.2) is 11.5 Å². The van der Waals surface area contributed by atoms with Crippen molar-refractivity contribution in [2.75, 3.05) is 6.79 Å². The van der Waals surface area contributed by atoms with E-state index in [1.54, 1.807) is 0 Å². The molecule has 6 nitrogen and oxygen atoms in total. The van der Waals surface area contributed by atoms with Gasteiger partial charge in [0, 0.05) is 23.3 Å². The topological polar surface area (TPSA) is 71.6 Å². The first-order chi connectivity index (χ1) is 12.7. The summed E-state index contributed by atoms with van der Waals surface area (Å²) >= 11 is 6.03. The first kappa shape index (κ1) is 15.9. The Balaban J connectivity index is 1.52. The average Bonchev–Trinajstić information content (AvgIpc) is 3.27. The average molecular weight is 372 g/mol. The molecule has 7 heteroatoms. The molecule has 0 bridgehead atoms. The molecule has 3 heterocycles. The van der Waals surface area contributed by atoms with Crippen LogP contribution in [0.5, 0.6) is 11.5 Å². The quantitative estimate of drug-likeness (QED) is 0.756. The second-order valence-electron chi connectivity index (χ2n) is 6.86. The minimum atomic E-state index is -0.132. The number of hydrogen-bond acceptors (Lipinski definition) is 5. The van der Waals surface area contributed by atoms with E-state index in [2.05, 4.69) is 16.2 Å². The van der Waals surface area contributed by atoms with Gasteiger partial charge in [-0.25, -0.2) is 10.9 Å². The van der Waals surface area contributed by atoms with Gasteiger partial charge in [-0.05, 0) is 35.4 Å². The third kappa shape index (κ3) is 2.61. The zero-order valence-electron chi connectivity index (χ0n) is 13.9. The van der Waals surface area contributed by atoms with E-state index < -0.39 is 0 Å². The Kier molecular flexibility index (Phi) is 3.77. The van der Waals surface area contributed by atoms with E-state index in [4.69, 9.17) is 21.1 Å². The number of nitrogens with one attached hydrogen (secondary N) is 3. The summed E-state index contributed by atoms with van der Waals surface area (Å²) < 4.78 is 10.9. The lowest BCUT2D eigenvalue weighted by atomic mass is 9.74. The summed E-state index contributed by atoms with van der Waals surface area (Å²) in [7, 11) is 0. The first-order valence-corrected chi connectivity index (χ1v) is 9.02. The van der Waals surface area contributed by atoms with Gasteiger partial charge >= 0.3 is 0 Å². The monoisotopic (exact) mass is 371 g/mol. The van der Waals surface area contributed by atoms with Crippen LogP contribution in [0, 0.1) is 5.92 Å². The van der Waals surface area contributed by atoms with Crippen LogP contribution >= 0.6 is 11.6 Å². The van der Waals surface area contributed by atoms with Crippen LogP contribution in [0.3, 0.4) is 0 Å². The van der Waals surface area contributed by atoms with E-state index in [-0.39, 0.29) is 36.7 Å². The third-order valence-electron chi connectivity index (χ3n) is 5.40. The van der Waals surface area contributed by atoms with Crippen LogP contribution in [-0.4, -0.2) is 18.9 Å². The Morgan fingerprint density at radius 1 is 0.962 bits per heavy atom. The fourth-order valence-electron chi connectivity index (χ4n) is 4.19. The molecular weight excluding hydrogens is 354 g/mol. The molecule has 5 rings (SSSR count). The lowest BCUT2D eigenvalue weighted by Crippen LogP contribution is -2.52. The Hall–Kier alpha value is -2.28. The molecule has 2 aromatic carbocycles. The normalized spacial score (nSPS) is 29.3. The van der Waals surface area contributed by atoms with Gasteiger partial charge in [0.25, 0.3) is 0 Å².